The van der Waals surface area contributed by atoms with Crippen LogP contribution in [-0.2, 0) is 0 Å². The Morgan fingerprint density at radius 1 is 1.27 bits per heavy atom. The van der Waals surface area contributed by atoms with E-state index in [2.05, 4.69) is 4.98 Å². The van der Waals surface area contributed by atoms with Crippen molar-refractivity contribution < 1.29 is 4.39 Å². The van der Waals surface area contributed by atoms with Crippen LogP contribution in [0.2, 0.25) is 5.02 Å². The highest BCUT2D eigenvalue weighted by atomic mass is 35.5. The molecule has 0 saturated heterocycles. The van der Waals surface area contributed by atoms with Crippen molar-refractivity contribution in [3.05, 3.63) is 47.5 Å². The Morgan fingerprint density at radius 3 is 2.73 bits per heavy atom. The zero-order chi connectivity index (χ0) is 10.8. The van der Waals surface area contributed by atoms with Crippen LogP contribution in [0, 0.1) is 5.82 Å². The highest BCUT2D eigenvalue weighted by Crippen LogP contribution is 2.27. The van der Waals surface area contributed by atoms with Crippen LogP contribution in [0.5, 0.6) is 0 Å². The summed E-state index contributed by atoms with van der Waals surface area (Å²) in [5.74, 6) is -0.376. The van der Waals surface area contributed by atoms with E-state index in [0.29, 0.717) is 21.8 Å². The lowest BCUT2D eigenvalue weighted by Crippen LogP contribution is -1.89. The van der Waals surface area contributed by atoms with Gasteiger partial charge in [-0.05, 0) is 23.8 Å². The van der Waals surface area contributed by atoms with Gasteiger partial charge in [-0.3, -0.25) is 4.98 Å². The van der Waals surface area contributed by atoms with Crippen molar-refractivity contribution in [2.45, 2.75) is 0 Å². The molecule has 1 aromatic carbocycles. The van der Waals surface area contributed by atoms with Gasteiger partial charge in [0.1, 0.15) is 5.82 Å². The molecule has 2 rings (SSSR count). The van der Waals surface area contributed by atoms with E-state index in [1.807, 2.05) is 0 Å². The number of nitrogens with two attached hydrogens (primary N) is 1. The van der Waals surface area contributed by atoms with Gasteiger partial charge in [0.25, 0.3) is 0 Å². The molecule has 0 amide bonds. The molecule has 0 radical (unpaired) electrons. The molecule has 0 aliphatic heterocycles. The highest BCUT2D eigenvalue weighted by molar-refractivity contribution is 6.33. The molecule has 2 nitrogen and oxygen atoms in total. The minimum absolute atomic E-state index is 0.376. The van der Waals surface area contributed by atoms with Crippen LogP contribution in [-0.4, -0.2) is 4.98 Å². The van der Waals surface area contributed by atoms with Crippen molar-refractivity contribution in [2.75, 3.05) is 5.73 Å². The van der Waals surface area contributed by atoms with Crippen LogP contribution >= 0.6 is 11.6 Å². The van der Waals surface area contributed by atoms with Gasteiger partial charge in [0.05, 0.1) is 16.9 Å². The van der Waals surface area contributed by atoms with Crippen LogP contribution in [0.1, 0.15) is 0 Å². The predicted octanol–water partition coefficient (Wildman–Crippen LogP) is 3.12. The number of benzene rings is 1. The minimum Gasteiger partial charge on any atom is -0.398 e. The molecule has 0 unspecified atom stereocenters. The number of nitrogen functional groups attached to an aromatic ring is 1. The SMILES string of the molecule is Nc1cc(-c2ccncc2F)ccc1Cl. The van der Waals surface area contributed by atoms with Crippen molar-refractivity contribution in [3.63, 3.8) is 0 Å². The third-order valence-electron chi connectivity index (χ3n) is 2.08. The highest BCUT2D eigenvalue weighted by Gasteiger charge is 2.05. The Hall–Kier alpha value is -1.61. The van der Waals surface area contributed by atoms with Crippen molar-refractivity contribution in [1.29, 1.82) is 0 Å². The number of rotatable bonds is 1. The monoisotopic (exact) mass is 222 g/mol. The molecule has 4 heteroatoms. The number of nitrogens with zero attached hydrogens (tertiary/aromatic N) is 1. The smallest absolute Gasteiger partial charge is 0.149 e. The summed E-state index contributed by atoms with van der Waals surface area (Å²) in [6.07, 6.45) is 2.70. The van der Waals surface area contributed by atoms with Gasteiger partial charge in [-0.1, -0.05) is 17.7 Å². The maximum absolute atomic E-state index is 13.4. The average Bonchev–Trinajstić information content (AvgIpc) is 2.23. The van der Waals surface area contributed by atoms with Gasteiger partial charge in [-0.2, -0.15) is 0 Å². The van der Waals surface area contributed by atoms with Gasteiger partial charge < -0.3 is 5.73 Å². The van der Waals surface area contributed by atoms with Crippen LogP contribution in [0.25, 0.3) is 11.1 Å². The first kappa shape index (κ1) is 9.93. The maximum Gasteiger partial charge on any atom is 0.149 e. The summed E-state index contributed by atoms with van der Waals surface area (Å²) in [7, 11) is 0. The molecular formula is C11H8ClFN2. The topological polar surface area (TPSA) is 38.9 Å². The molecule has 0 aliphatic rings. The first-order chi connectivity index (χ1) is 7.18. The van der Waals surface area contributed by atoms with E-state index in [9.17, 15) is 4.39 Å². The Bertz CT molecular complexity index is 500. The van der Waals surface area contributed by atoms with E-state index in [-0.39, 0.29) is 5.82 Å². The molecule has 15 heavy (non-hydrogen) atoms. The van der Waals surface area contributed by atoms with E-state index in [4.69, 9.17) is 17.3 Å². The Kier molecular flexibility index (Phi) is 2.56. The molecule has 1 aromatic heterocycles. The lowest BCUT2D eigenvalue weighted by Gasteiger charge is -2.04. The zero-order valence-corrected chi connectivity index (χ0v) is 8.50. The number of hydrogen-bond acceptors (Lipinski definition) is 2. The Labute approximate surface area is 91.5 Å². The van der Waals surface area contributed by atoms with Crippen molar-refractivity contribution >= 4 is 17.3 Å². The van der Waals surface area contributed by atoms with E-state index < -0.39 is 0 Å². The predicted molar refractivity (Wildman–Crippen MR) is 59.1 cm³/mol. The standard InChI is InChI=1S/C11H8ClFN2/c12-9-2-1-7(5-11(9)14)8-3-4-15-6-10(8)13/h1-6H,14H2. The van der Waals surface area contributed by atoms with Crippen LogP contribution in [0.15, 0.2) is 36.7 Å². The van der Waals surface area contributed by atoms with Crippen molar-refractivity contribution in [2.24, 2.45) is 0 Å². The summed E-state index contributed by atoms with van der Waals surface area (Å²) in [5, 5.41) is 0.466. The van der Waals surface area contributed by atoms with Gasteiger partial charge >= 0.3 is 0 Å². The molecule has 0 aliphatic carbocycles. The first-order valence-electron chi connectivity index (χ1n) is 4.33. The largest absolute Gasteiger partial charge is 0.398 e. The fraction of sp³-hybridized carbons (Fsp3) is 0. The molecule has 2 N–H and O–H groups in total. The zero-order valence-electron chi connectivity index (χ0n) is 7.74. The van der Waals surface area contributed by atoms with Gasteiger partial charge in [0.2, 0.25) is 0 Å². The van der Waals surface area contributed by atoms with Crippen LogP contribution in [0.4, 0.5) is 10.1 Å². The lowest BCUT2D eigenvalue weighted by atomic mass is 10.1. The molecule has 0 saturated carbocycles. The number of anilines is 1. The first-order valence-corrected chi connectivity index (χ1v) is 4.71. The summed E-state index contributed by atoms with van der Waals surface area (Å²) in [6, 6.07) is 6.60. The lowest BCUT2D eigenvalue weighted by molar-refractivity contribution is 0.625. The minimum atomic E-state index is -0.376. The van der Waals surface area contributed by atoms with Gasteiger partial charge in [-0.15, -0.1) is 0 Å². The van der Waals surface area contributed by atoms with Gasteiger partial charge in [0.15, 0.2) is 0 Å². The van der Waals surface area contributed by atoms with E-state index in [0.717, 1.165) is 0 Å². The second-order valence-electron chi connectivity index (χ2n) is 3.09. The van der Waals surface area contributed by atoms with Gasteiger partial charge in [0, 0.05) is 11.8 Å². The third-order valence-corrected chi connectivity index (χ3v) is 2.42. The van der Waals surface area contributed by atoms with Gasteiger partial charge in [-0.25, -0.2) is 4.39 Å². The molecule has 0 spiro atoms. The third kappa shape index (κ3) is 1.92. The second kappa shape index (κ2) is 3.87. The maximum atomic E-state index is 13.4. The fourth-order valence-electron chi connectivity index (χ4n) is 1.32. The number of hydrogen-bond donors (Lipinski definition) is 1. The van der Waals surface area contributed by atoms with E-state index in [1.54, 1.807) is 24.3 Å². The van der Waals surface area contributed by atoms with Crippen LogP contribution < -0.4 is 5.73 Å². The summed E-state index contributed by atoms with van der Waals surface area (Å²) < 4.78 is 13.4. The summed E-state index contributed by atoms with van der Waals surface area (Å²) in [5.41, 5.74) is 7.23. The molecule has 1 heterocycles. The van der Waals surface area contributed by atoms with Crippen molar-refractivity contribution in [3.8, 4) is 11.1 Å². The van der Waals surface area contributed by atoms with E-state index in [1.165, 1.54) is 12.4 Å². The molecule has 0 bridgehead atoms. The molecular weight excluding hydrogens is 215 g/mol. The molecule has 2 aromatic rings. The quantitative estimate of drug-likeness (QED) is 0.753. The molecule has 76 valence electrons. The normalized spacial score (nSPS) is 10.3. The van der Waals surface area contributed by atoms with E-state index >= 15 is 0 Å². The Morgan fingerprint density at radius 2 is 2.07 bits per heavy atom. The summed E-state index contributed by atoms with van der Waals surface area (Å²) in [4.78, 5) is 3.68. The number of aromatic nitrogens is 1. The molecule has 0 fully saturated rings. The number of halogens is 2. The molecule has 0 atom stereocenters. The van der Waals surface area contributed by atoms with Crippen molar-refractivity contribution in [1.82, 2.24) is 4.98 Å². The number of pyridine rings is 1. The second-order valence-corrected chi connectivity index (χ2v) is 3.50. The Balaban J connectivity index is 2.55. The summed E-state index contributed by atoms with van der Waals surface area (Å²) >= 11 is 5.78. The fourth-order valence-corrected chi connectivity index (χ4v) is 1.44. The average molecular weight is 223 g/mol. The van der Waals surface area contributed by atoms with Crippen LogP contribution in [0.3, 0.4) is 0 Å². The summed E-state index contributed by atoms with van der Waals surface area (Å²) in [6.45, 7) is 0.